The molecule has 4 heteroatoms. The Morgan fingerprint density at radius 3 is 2.80 bits per heavy atom. The lowest BCUT2D eigenvalue weighted by Crippen LogP contribution is -2.46. The number of carbonyl (C=O) groups excluding carboxylic acids is 1. The largest absolute Gasteiger partial charge is 0.466 e. The highest BCUT2D eigenvalue weighted by Gasteiger charge is 2.28. The van der Waals surface area contributed by atoms with Crippen molar-refractivity contribution >= 4 is 11.6 Å². The monoisotopic (exact) mass is 270 g/mol. The molecule has 0 bridgehead atoms. The maximum Gasteiger partial charge on any atom is 0.261 e. The zero-order valence-electron chi connectivity index (χ0n) is 11.7. The van der Waals surface area contributed by atoms with Gasteiger partial charge in [-0.2, -0.15) is 0 Å². The molecule has 0 spiro atoms. The van der Waals surface area contributed by atoms with Crippen molar-refractivity contribution < 1.29 is 9.21 Å². The van der Waals surface area contributed by atoms with Gasteiger partial charge in [0, 0.05) is 18.3 Å². The van der Waals surface area contributed by atoms with Crippen molar-refractivity contribution in [3.8, 4) is 0 Å². The summed E-state index contributed by atoms with van der Waals surface area (Å²) in [5.74, 6) is 1.37. The fourth-order valence-corrected chi connectivity index (χ4v) is 2.81. The molecule has 0 saturated carbocycles. The van der Waals surface area contributed by atoms with Crippen molar-refractivity contribution in [2.75, 3.05) is 11.4 Å². The van der Waals surface area contributed by atoms with Crippen LogP contribution < -0.4 is 10.6 Å². The van der Waals surface area contributed by atoms with Crippen LogP contribution in [0.15, 0.2) is 34.7 Å². The predicted molar refractivity (Wildman–Crippen MR) is 78.0 cm³/mol. The molecule has 4 nitrogen and oxygen atoms in total. The van der Waals surface area contributed by atoms with E-state index in [0.717, 1.165) is 23.4 Å². The van der Waals surface area contributed by atoms with E-state index in [1.807, 2.05) is 38.1 Å². The van der Waals surface area contributed by atoms with Crippen LogP contribution in [0, 0.1) is 13.8 Å². The van der Waals surface area contributed by atoms with E-state index >= 15 is 0 Å². The van der Waals surface area contributed by atoms with E-state index in [9.17, 15) is 4.79 Å². The SMILES string of the molecule is Cc1cc(C(=O)N2CC(N)Cc3ccccc32)c(C)o1. The first kappa shape index (κ1) is 12.9. The summed E-state index contributed by atoms with van der Waals surface area (Å²) < 4.78 is 5.46. The van der Waals surface area contributed by atoms with Crippen LogP contribution in [0.1, 0.15) is 27.4 Å². The Kier molecular flexibility index (Phi) is 3.10. The second-order valence-electron chi connectivity index (χ2n) is 5.34. The molecule has 20 heavy (non-hydrogen) atoms. The average molecular weight is 270 g/mol. The van der Waals surface area contributed by atoms with Gasteiger partial charge in [0.05, 0.1) is 5.56 Å². The van der Waals surface area contributed by atoms with E-state index in [4.69, 9.17) is 10.2 Å². The summed E-state index contributed by atoms with van der Waals surface area (Å²) in [6.45, 7) is 4.20. The average Bonchev–Trinajstić information content (AvgIpc) is 2.76. The van der Waals surface area contributed by atoms with E-state index in [-0.39, 0.29) is 11.9 Å². The van der Waals surface area contributed by atoms with E-state index in [2.05, 4.69) is 0 Å². The number of amides is 1. The summed E-state index contributed by atoms with van der Waals surface area (Å²) in [5.41, 5.74) is 8.78. The first-order chi connectivity index (χ1) is 9.56. The van der Waals surface area contributed by atoms with Crippen molar-refractivity contribution in [3.05, 3.63) is 53.0 Å². The van der Waals surface area contributed by atoms with Crippen molar-refractivity contribution in [2.24, 2.45) is 5.73 Å². The standard InChI is InChI=1S/C16H18N2O2/c1-10-7-14(11(2)20-10)16(19)18-9-13(17)8-12-5-3-4-6-15(12)18/h3-7,13H,8-9,17H2,1-2H3. The third-order valence-corrected chi connectivity index (χ3v) is 3.70. The highest BCUT2D eigenvalue weighted by molar-refractivity contribution is 6.07. The smallest absolute Gasteiger partial charge is 0.261 e. The number of carbonyl (C=O) groups is 1. The molecule has 1 amide bonds. The Hall–Kier alpha value is -2.07. The van der Waals surface area contributed by atoms with Crippen LogP contribution >= 0.6 is 0 Å². The summed E-state index contributed by atoms with van der Waals surface area (Å²) >= 11 is 0. The number of anilines is 1. The third-order valence-electron chi connectivity index (χ3n) is 3.70. The van der Waals surface area contributed by atoms with Crippen LogP contribution in [0.2, 0.25) is 0 Å². The highest BCUT2D eigenvalue weighted by Crippen LogP contribution is 2.28. The molecular formula is C16H18N2O2. The topological polar surface area (TPSA) is 59.5 Å². The van der Waals surface area contributed by atoms with E-state index in [0.29, 0.717) is 17.9 Å². The van der Waals surface area contributed by atoms with Gasteiger partial charge in [-0.1, -0.05) is 18.2 Å². The molecule has 0 aliphatic carbocycles. The number of nitrogens with zero attached hydrogens (tertiary/aromatic N) is 1. The fraction of sp³-hybridized carbons (Fsp3) is 0.312. The van der Waals surface area contributed by atoms with Gasteiger partial charge in [0.2, 0.25) is 0 Å². The molecular weight excluding hydrogens is 252 g/mol. The van der Waals surface area contributed by atoms with Gasteiger partial charge in [-0.05, 0) is 38.0 Å². The van der Waals surface area contributed by atoms with Gasteiger partial charge in [-0.25, -0.2) is 0 Å². The van der Waals surface area contributed by atoms with Crippen LogP contribution in [0.3, 0.4) is 0 Å². The number of para-hydroxylation sites is 1. The van der Waals surface area contributed by atoms with Crippen molar-refractivity contribution in [3.63, 3.8) is 0 Å². The molecule has 1 atom stereocenters. The zero-order valence-corrected chi connectivity index (χ0v) is 11.7. The van der Waals surface area contributed by atoms with Gasteiger partial charge in [0.15, 0.2) is 0 Å². The minimum absolute atomic E-state index is 0.0258. The highest BCUT2D eigenvalue weighted by atomic mass is 16.3. The minimum Gasteiger partial charge on any atom is -0.466 e. The number of nitrogens with two attached hydrogens (primary N) is 1. The molecule has 104 valence electrons. The summed E-state index contributed by atoms with van der Waals surface area (Å²) in [6, 6.07) is 9.70. The van der Waals surface area contributed by atoms with E-state index < -0.39 is 0 Å². The minimum atomic E-state index is -0.0399. The number of benzene rings is 1. The summed E-state index contributed by atoms with van der Waals surface area (Å²) in [7, 11) is 0. The number of hydrogen-bond donors (Lipinski definition) is 1. The molecule has 1 unspecified atom stereocenters. The van der Waals surface area contributed by atoms with Gasteiger partial charge in [0.1, 0.15) is 11.5 Å². The number of aryl methyl sites for hydroxylation is 2. The quantitative estimate of drug-likeness (QED) is 0.865. The molecule has 3 rings (SSSR count). The summed E-state index contributed by atoms with van der Waals surface area (Å²) in [4.78, 5) is 14.5. The second-order valence-corrected chi connectivity index (χ2v) is 5.34. The first-order valence-corrected chi connectivity index (χ1v) is 6.78. The Morgan fingerprint density at radius 1 is 1.35 bits per heavy atom. The summed E-state index contributed by atoms with van der Waals surface area (Å²) in [6.07, 6.45) is 0.809. The molecule has 0 radical (unpaired) electrons. The maximum absolute atomic E-state index is 12.8. The van der Waals surface area contributed by atoms with Gasteiger partial charge in [-0.15, -0.1) is 0 Å². The normalized spacial score (nSPS) is 17.9. The molecule has 2 N–H and O–H groups in total. The molecule has 1 aliphatic rings. The maximum atomic E-state index is 12.8. The Labute approximate surface area is 118 Å². The van der Waals surface area contributed by atoms with Crippen LogP contribution in [-0.4, -0.2) is 18.5 Å². The van der Waals surface area contributed by atoms with Crippen LogP contribution in [-0.2, 0) is 6.42 Å². The lowest BCUT2D eigenvalue weighted by atomic mass is 9.97. The lowest BCUT2D eigenvalue weighted by Gasteiger charge is -2.32. The number of fused-ring (bicyclic) bond motifs is 1. The van der Waals surface area contributed by atoms with Crippen molar-refractivity contribution in [1.82, 2.24) is 0 Å². The number of rotatable bonds is 1. The van der Waals surface area contributed by atoms with Crippen LogP contribution in [0.5, 0.6) is 0 Å². The summed E-state index contributed by atoms with van der Waals surface area (Å²) in [5, 5.41) is 0. The van der Waals surface area contributed by atoms with Crippen molar-refractivity contribution in [2.45, 2.75) is 26.3 Å². The van der Waals surface area contributed by atoms with Gasteiger partial charge in [-0.3, -0.25) is 4.79 Å². The van der Waals surface area contributed by atoms with Gasteiger partial charge in [0.25, 0.3) is 5.91 Å². The van der Waals surface area contributed by atoms with Crippen LogP contribution in [0.4, 0.5) is 5.69 Å². The molecule has 2 aromatic rings. The Bertz CT molecular complexity index is 660. The molecule has 2 heterocycles. The first-order valence-electron chi connectivity index (χ1n) is 6.78. The van der Waals surface area contributed by atoms with Crippen LogP contribution in [0.25, 0.3) is 0 Å². The molecule has 1 aliphatic heterocycles. The van der Waals surface area contributed by atoms with E-state index in [1.54, 1.807) is 11.0 Å². The molecule has 1 aromatic heterocycles. The Balaban J connectivity index is 2.02. The van der Waals surface area contributed by atoms with Gasteiger partial charge >= 0.3 is 0 Å². The number of hydrogen-bond acceptors (Lipinski definition) is 3. The second kappa shape index (κ2) is 4.80. The fourth-order valence-electron chi connectivity index (χ4n) is 2.81. The van der Waals surface area contributed by atoms with E-state index in [1.165, 1.54) is 0 Å². The third kappa shape index (κ3) is 2.12. The molecule has 1 aromatic carbocycles. The van der Waals surface area contributed by atoms with Crippen molar-refractivity contribution in [1.29, 1.82) is 0 Å². The predicted octanol–water partition coefficient (Wildman–Crippen LogP) is 2.43. The molecule has 0 saturated heterocycles. The Morgan fingerprint density at radius 2 is 2.10 bits per heavy atom. The zero-order chi connectivity index (χ0) is 14.3. The number of furan rings is 1. The van der Waals surface area contributed by atoms with Gasteiger partial charge < -0.3 is 15.1 Å². The lowest BCUT2D eigenvalue weighted by molar-refractivity contribution is 0.0982. The molecule has 0 fully saturated rings.